The fourth-order valence-corrected chi connectivity index (χ4v) is 4.11. The van der Waals surface area contributed by atoms with Gasteiger partial charge in [0, 0.05) is 42.1 Å². The Kier molecular flexibility index (Phi) is 5.56. The fraction of sp³-hybridized carbons (Fsp3) is 0.400. The summed E-state index contributed by atoms with van der Waals surface area (Å²) in [4.78, 5) is 32.0. The molecular weight excluding hydrogens is 388 g/mol. The van der Waals surface area contributed by atoms with Crippen molar-refractivity contribution in [2.24, 2.45) is 11.3 Å². The van der Waals surface area contributed by atoms with E-state index >= 15 is 0 Å². The van der Waals surface area contributed by atoms with E-state index < -0.39 is 5.41 Å². The van der Waals surface area contributed by atoms with Gasteiger partial charge in [-0.25, -0.2) is 4.98 Å². The number of nitrogens with zero attached hydrogens (tertiary/aromatic N) is 3. The summed E-state index contributed by atoms with van der Waals surface area (Å²) in [7, 11) is 0. The second-order valence-corrected chi connectivity index (χ2v) is 9.46. The first-order valence-corrected chi connectivity index (χ1v) is 10.9. The average Bonchev–Trinajstić information content (AvgIpc) is 3.19. The molecule has 1 saturated heterocycles. The third kappa shape index (κ3) is 4.48. The summed E-state index contributed by atoms with van der Waals surface area (Å²) in [6, 6.07) is 11.8. The Morgan fingerprint density at radius 3 is 2.55 bits per heavy atom. The number of aryl methyl sites for hydroxylation is 1. The first-order chi connectivity index (χ1) is 14.7. The molecular formula is C25H30N4O2. The van der Waals surface area contributed by atoms with Crippen molar-refractivity contribution in [2.75, 3.05) is 18.4 Å². The molecule has 0 radical (unpaired) electrons. The number of carbonyl (C=O) groups is 2. The number of rotatable bonds is 3. The minimum absolute atomic E-state index is 0.0254. The Morgan fingerprint density at radius 2 is 1.87 bits per heavy atom. The summed E-state index contributed by atoms with van der Waals surface area (Å²) in [5, 5.41) is 3.02. The number of piperidine rings is 1. The Morgan fingerprint density at radius 1 is 1.13 bits per heavy atom. The van der Waals surface area contributed by atoms with E-state index in [1.165, 1.54) is 0 Å². The van der Waals surface area contributed by atoms with Gasteiger partial charge in [-0.1, -0.05) is 39.0 Å². The van der Waals surface area contributed by atoms with E-state index in [9.17, 15) is 9.59 Å². The van der Waals surface area contributed by atoms with E-state index in [1.54, 1.807) is 0 Å². The van der Waals surface area contributed by atoms with Gasteiger partial charge >= 0.3 is 0 Å². The highest BCUT2D eigenvalue weighted by atomic mass is 16.2. The first-order valence-electron chi connectivity index (χ1n) is 10.9. The van der Waals surface area contributed by atoms with E-state index in [0.717, 1.165) is 47.5 Å². The van der Waals surface area contributed by atoms with Crippen molar-refractivity contribution in [3.63, 3.8) is 0 Å². The van der Waals surface area contributed by atoms with Crippen molar-refractivity contribution in [1.82, 2.24) is 14.3 Å². The molecule has 162 valence electrons. The molecule has 3 heterocycles. The molecule has 0 spiro atoms. The third-order valence-electron chi connectivity index (χ3n) is 5.85. The van der Waals surface area contributed by atoms with E-state index in [-0.39, 0.29) is 17.7 Å². The number of nitrogens with one attached hydrogen (secondary N) is 1. The number of pyridine rings is 1. The van der Waals surface area contributed by atoms with Crippen molar-refractivity contribution in [1.29, 1.82) is 0 Å². The minimum Gasteiger partial charge on any atom is -0.341 e. The number of anilines is 1. The van der Waals surface area contributed by atoms with Crippen molar-refractivity contribution in [3.8, 4) is 11.3 Å². The molecule has 0 saturated carbocycles. The van der Waals surface area contributed by atoms with Crippen LogP contribution in [0.15, 0.2) is 48.8 Å². The molecule has 1 atom stereocenters. The van der Waals surface area contributed by atoms with Crippen LogP contribution in [-0.4, -0.2) is 39.2 Å². The van der Waals surface area contributed by atoms with Crippen LogP contribution < -0.4 is 5.32 Å². The van der Waals surface area contributed by atoms with Gasteiger partial charge in [-0.15, -0.1) is 0 Å². The van der Waals surface area contributed by atoms with Gasteiger partial charge < -0.3 is 14.6 Å². The molecule has 6 heteroatoms. The molecule has 6 nitrogen and oxygen atoms in total. The van der Waals surface area contributed by atoms with Gasteiger partial charge in [-0.05, 0) is 43.5 Å². The maximum Gasteiger partial charge on any atom is 0.229 e. The molecule has 1 fully saturated rings. The van der Waals surface area contributed by atoms with E-state index in [1.807, 2.05) is 85.8 Å². The molecule has 1 unspecified atom stereocenters. The second kappa shape index (κ2) is 8.17. The van der Waals surface area contributed by atoms with Crippen LogP contribution in [0.2, 0.25) is 0 Å². The number of imidazole rings is 1. The predicted octanol–water partition coefficient (Wildman–Crippen LogP) is 4.53. The van der Waals surface area contributed by atoms with Crippen molar-refractivity contribution >= 4 is 23.1 Å². The maximum atomic E-state index is 12.8. The molecule has 1 N–H and O–H groups in total. The van der Waals surface area contributed by atoms with E-state index in [0.29, 0.717) is 6.54 Å². The van der Waals surface area contributed by atoms with Crippen molar-refractivity contribution < 1.29 is 9.59 Å². The molecule has 0 aliphatic carbocycles. The summed E-state index contributed by atoms with van der Waals surface area (Å²) in [6.07, 6.45) is 5.66. The lowest BCUT2D eigenvalue weighted by Gasteiger charge is -2.35. The first kappa shape index (κ1) is 21.1. The van der Waals surface area contributed by atoms with Gasteiger partial charge in [0.2, 0.25) is 11.8 Å². The lowest BCUT2D eigenvalue weighted by atomic mass is 9.91. The summed E-state index contributed by atoms with van der Waals surface area (Å²) in [6.45, 7) is 9.03. The summed E-state index contributed by atoms with van der Waals surface area (Å²) in [5.41, 5.74) is 4.31. The molecule has 2 amide bonds. The lowest BCUT2D eigenvalue weighted by Crippen LogP contribution is -2.47. The smallest absolute Gasteiger partial charge is 0.229 e. The summed E-state index contributed by atoms with van der Waals surface area (Å²) in [5.74, 6) is -0.0966. The Bertz CT molecular complexity index is 1110. The zero-order chi connectivity index (χ0) is 22.2. The number of benzene rings is 1. The summed E-state index contributed by atoms with van der Waals surface area (Å²) >= 11 is 0. The maximum absolute atomic E-state index is 12.8. The Labute approximate surface area is 183 Å². The van der Waals surface area contributed by atoms with E-state index in [4.69, 9.17) is 4.98 Å². The zero-order valence-corrected chi connectivity index (χ0v) is 18.7. The van der Waals surface area contributed by atoms with Crippen molar-refractivity contribution in [3.05, 3.63) is 54.4 Å². The number of likely N-dealkylation sites (tertiary alicyclic amines) is 1. The molecule has 1 aliphatic rings. The summed E-state index contributed by atoms with van der Waals surface area (Å²) < 4.78 is 2.02. The largest absolute Gasteiger partial charge is 0.341 e. The number of aromatic nitrogens is 2. The lowest BCUT2D eigenvalue weighted by molar-refractivity contribution is -0.142. The predicted molar refractivity (Wildman–Crippen MR) is 123 cm³/mol. The van der Waals surface area contributed by atoms with Crippen LogP contribution in [0.4, 0.5) is 5.69 Å². The minimum atomic E-state index is -0.426. The highest BCUT2D eigenvalue weighted by Gasteiger charge is 2.33. The molecule has 1 aromatic carbocycles. The average molecular weight is 419 g/mol. The van der Waals surface area contributed by atoms with Crippen LogP contribution in [0, 0.1) is 18.3 Å². The van der Waals surface area contributed by atoms with E-state index in [2.05, 4.69) is 5.32 Å². The normalized spacial score (nSPS) is 17.0. The number of amides is 2. The molecule has 0 bridgehead atoms. The number of hydrogen-bond donors (Lipinski definition) is 1. The van der Waals surface area contributed by atoms with Gasteiger partial charge in [-0.2, -0.15) is 0 Å². The van der Waals surface area contributed by atoms with Gasteiger partial charge in [-0.3, -0.25) is 9.59 Å². The number of carbonyl (C=O) groups excluding carboxylic acids is 2. The van der Waals surface area contributed by atoms with Crippen LogP contribution in [0.25, 0.3) is 16.9 Å². The highest BCUT2D eigenvalue weighted by molar-refractivity contribution is 5.93. The number of fused-ring (bicyclic) bond motifs is 1. The molecule has 2 aromatic heterocycles. The van der Waals surface area contributed by atoms with Crippen LogP contribution in [0.5, 0.6) is 0 Å². The van der Waals surface area contributed by atoms with Gasteiger partial charge in [0.1, 0.15) is 5.65 Å². The SMILES string of the molecule is Cc1cccn2cc(-c3ccc(NC(=O)C4CCCN(C(=O)C(C)(C)C)C4)cc3)nc12. The van der Waals surface area contributed by atoms with Gasteiger partial charge in [0.25, 0.3) is 0 Å². The standard InChI is InChI=1S/C25H30N4O2/c1-17-7-5-13-28-16-21(27-22(17)28)18-9-11-20(12-10-18)26-23(30)19-8-6-14-29(15-19)24(31)25(2,3)4/h5,7,9-13,16,19H,6,8,14-15H2,1-4H3,(H,26,30). The van der Waals surface area contributed by atoms with Gasteiger partial charge in [0.05, 0.1) is 11.6 Å². The fourth-order valence-electron chi connectivity index (χ4n) is 4.11. The molecule has 4 rings (SSSR count). The molecule has 31 heavy (non-hydrogen) atoms. The molecule has 3 aromatic rings. The Balaban J connectivity index is 1.43. The van der Waals surface area contributed by atoms with Crippen molar-refractivity contribution in [2.45, 2.75) is 40.5 Å². The van der Waals surface area contributed by atoms with Crippen LogP contribution in [0.3, 0.4) is 0 Å². The molecule has 1 aliphatic heterocycles. The zero-order valence-electron chi connectivity index (χ0n) is 18.7. The van der Waals surface area contributed by atoms with Crippen LogP contribution in [-0.2, 0) is 9.59 Å². The number of hydrogen-bond acceptors (Lipinski definition) is 3. The topological polar surface area (TPSA) is 66.7 Å². The second-order valence-electron chi connectivity index (χ2n) is 9.46. The third-order valence-corrected chi connectivity index (χ3v) is 5.85. The Hall–Kier alpha value is -3.15. The van der Waals surface area contributed by atoms with Crippen LogP contribution in [0.1, 0.15) is 39.2 Å². The van der Waals surface area contributed by atoms with Crippen LogP contribution >= 0.6 is 0 Å². The highest BCUT2D eigenvalue weighted by Crippen LogP contribution is 2.26. The quantitative estimate of drug-likeness (QED) is 0.679. The monoisotopic (exact) mass is 418 g/mol. The van der Waals surface area contributed by atoms with Gasteiger partial charge in [0.15, 0.2) is 0 Å².